The first-order valence-electron chi connectivity index (χ1n) is 10.2. The van der Waals surface area contributed by atoms with E-state index in [9.17, 15) is 4.79 Å². The molecule has 7 heteroatoms. The van der Waals surface area contributed by atoms with Crippen LogP contribution in [0.3, 0.4) is 0 Å². The molecule has 0 aliphatic carbocycles. The predicted octanol–water partition coefficient (Wildman–Crippen LogP) is 3.99. The molecule has 0 N–H and O–H groups in total. The van der Waals surface area contributed by atoms with Gasteiger partial charge in [-0.3, -0.25) is 9.69 Å². The van der Waals surface area contributed by atoms with E-state index in [-0.39, 0.29) is 5.91 Å². The summed E-state index contributed by atoms with van der Waals surface area (Å²) >= 11 is 0. The molecule has 31 heavy (non-hydrogen) atoms. The van der Waals surface area contributed by atoms with Crippen LogP contribution in [-0.2, 0) is 19.6 Å². The van der Waals surface area contributed by atoms with E-state index >= 15 is 0 Å². The zero-order valence-corrected chi connectivity index (χ0v) is 18.5. The van der Waals surface area contributed by atoms with Crippen LogP contribution >= 0.6 is 0 Å². The molecule has 0 fully saturated rings. The van der Waals surface area contributed by atoms with Crippen LogP contribution in [-0.4, -0.2) is 48.5 Å². The maximum absolute atomic E-state index is 12.4. The molecule has 3 aromatic rings. The number of amides is 1. The highest BCUT2D eigenvalue weighted by Gasteiger charge is 2.18. The van der Waals surface area contributed by atoms with Gasteiger partial charge >= 0.3 is 0 Å². The van der Waals surface area contributed by atoms with Gasteiger partial charge in [-0.2, -0.15) is 0 Å². The van der Waals surface area contributed by atoms with Crippen molar-refractivity contribution in [1.82, 2.24) is 14.8 Å². The second kappa shape index (κ2) is 10.6. The largest absolute Gasteiger partial charge is 0.497 e. The Hall–Kier alpha value is -3.32. The van der Waals surface area contributed by atoms with E-state index < -0.39 is 0 Å². The first-order chi connectivity index (χ1) is 15.0. The highest BCUT2D eigenvalue weighted by molar-refractivity contribution is 5.91. The lowest BCUT2D eigenvalue weighted by molar-refractivity contribution is 0.0796. The van der Waals surface area contributed by atoms with Crippen molar-refractivity contribution in [3.05, 3.63) is 77.5 Å². The second-order valence-corrected chi connectivity index (χ2v) is 7.25. The molecule has 0 spiro atoms. The summed E-state index contributed by atoms with van der Waals surface area (Å²) in [6, 6.07) is 16.0. The first-order valence-corrected chi connectivity index (χ1v) is 10.2. The maximum Gasteiger partial charge on any atom is 0.275 e. The molecule has 0 radical (unpaired) electrons. The Morgan fingerprint density at radius 3 is 2.48 bits per heavy atom. The first kappa shape index (κ1) is 22.4. The number of ether oxygens (including phenoxy) is 2. The maximum atomic E-state index is 12.4. The van der Waals surface area contributed by atoms with E-state index in [1.54, 1.807) is 26.2 Å². The summed E-state index contributed by atoms with van der Waals surface area (Å²) in [4.78, 5) is 20.6. The number of aromatic nitrogens is 1. The van der Waals surface area contributed by atoms with E-state index in [0.717, 1.165) is 17.1 Å². The average molecular weight is 424 g/mol. The van der Waals surface area contributed by atoms with E-state index in [1.165, 1.54) is 11.8 Å². The fourth-order valence-corrected chi connectivity index (χ4v) is 3.24. The molecule has 2 aromatic carbocycles. The summed E-state index contributed by atoms with van der Waals surface area (Å²) in [5.74, 6) is 1.84. The number of carbonyl (C=O) groups is 1. The SMILES string of the molecule is CCN(C)C(=O)c1coc(CN(Cc2ccccc2)Cc2ccc(OC)cc2OC)n1. The van der Waals surface area contributed by atoms with Gasteiger partial charge in [0.05, 0.1) is 20.8 Å². The van der Waals surface area contributed by atoms with E-state index in [4.69, 9.17) is 13.9 Å². The Labute approximate surface area is 183 Å². The van der Waals surface area contributed by atoms with Crippen LogP contribution in [0.1, 0.15) is 34.4 Å². The van der Waals surface area contributed by atoms with Crippen molar-refractivity contribution in [2.75, 3.05) is 27.8 Å². The molecular weight excluding hydrogens is 394 g/mol. The third-order valence-corrected chi connectivity index (χ3v) is 5.09. The smallest absolute Gasteiger partial charge is 0.275 e. The topological polar surface area (TPSA) is 68.0 Å². The lowest BCUT2D eigenvalue weighted by atomic mass is 10.1. The van der Waals surface area contributed by atoms with Crippen molar-refractivity contribution in [2.45, 2.75) is 26.6 Å². The Morgan fingerprint density at radius 2 is 1.81 bits per heavy atom. The minimum Gasteiger partial charge on any atom is -0.497 e. The van der Waals surface area contributed by atoms with Gasteiger partial charge in [-0.15, -0.1) is 0 Å². The number of nitrogens with zero attached hydrogens (tertiary/aromatic N) is 3. The minimum absolute atomic E-state index is 0.149. The molecule has 0 saturated heterocycles. The van der Waals surface area contributed by atoms with Crippen LogP contribution in [0.25, 0.3) is 0 Å². The quantitative estimate of drug-likeness (QED) is 0.491. The highest BCUT2D eigenvalue weighted by atomic mass is 16.5. The molecule has 0 aliphatic heterocycles. The summed E-state index contributed by atoms with van der Waals surface area (Å²) < 4.78 is 16.5. The van der Waals surface area contributed by atoms with Crippen molar-refractivity contribution in [3.8, 4) is 11.5 Å². The van der Waals surface area contributed by atoms with Crippen LogP contribution in [0.15, 0.2) is 59.2 Å². The van der Waals surface area contributed by atoms with Crippen LogP contribution in [0.4, 0.5) is 0 Å². The van der Waals surface area contributed by atoms with Crippen LogP contribution in [0.5, 0.6) is 11.5 Å². The molecule has 1 heterocycles. The summed E-state index contributed by atoms with van der Waals surface area (Å²) in [7, 11) is 5.03. The van der Waals surface area contributed by atoms with Gasteiger partial charge in [-0.25, -0.2) is 4.98 Å². The normalized spacial score (nSPS) is 10.9. The summed E-state index contributed by atoms with van der Waals surface area (Å²) in [6.07, 6.45) is 1.43. The van der Waals surface area contributed by atoms with Gasteiger partial charge < -0.3 is 18.8 Å². The van der Waals surface area contributed by atoms with Gasteiger partial charge in [0.1, 0.15) is 17.8 Å². The Kier molecular flexibility index (Phi) is 7.67. The number of hydrogen-bond acceptors (Lipinski definition) is 6. The number of hydrogen-bond donors (Lipinski definition) is 0. The second-order valence-electron chi connectivity index (χ2n) is 7.25. The van der Waals surface area contributed by atoms with Crippen molar-refractivity contribution in [2.24, 2.45) is 0 Å². The van der Waals surface area contributed by atoms with Gasteiger partial charge in [-0.05, 0) is 18.6 Å². The number of oxazole rings is 1. The third kappa shape index (κ3) is 5.86. The molecular formula is C24H29N3O4. The molecule has 0 atom stereocenters. The van der Waals surface area contributed by atoms with E-state index in [0.29, 0.717) is 37.8 Å². The van der Waals surface area contributed by atoms with Crippen LogP contribution in [0, 0.1) is 0 Å². The number of carbonyl (C=O) groups excluding carboxylic acids is 1. The molecule has 7 nitrogen and oxygen atoms in total. The zero-order chi connectivity index (χ0) is 22.2. The lowest BCUT2D eigenvalue weighted by Gasteiger charge is -2.22. The van der Waals surface area contributed by atoms with Crippen molar-refractivity contribution >= 4 is 5.91 Å². The molecule has 164 valence electrons. The standard InChI is InChI=1S/C24H29N3O4/c1-5-26(2)24(28)21-17-31-23(25-21)16-27(14-18-9-7-6-8-10-18)15-19-11-12-20(29-3)13-22(19)30-4/h6-13,17H,5,14-16H2,1-4H3. The molecule has 1 aromatic heterocycles. The summed E-state index contributed by atoms with van der Waals surface area (Å²) in [6.45, 7) is 4.29. The van der Waals surface area contributed by atoms with Gasteiger partial charge in [0.15, 0.2) is 5.69 Å². The Balaban J connectivity index is 1.82. The van der Waals surface area contributed by atoms with Gasteiger partial charge in [-0.1, -0.05) is 36.4 Å². The molecule has 0 saturated carbocycles. The lowest BCUT2D eigenvalue weighted by Crippen LogP contribution is -2.26. The van der Waals surface area contributed by atoms with Crippen LogP contribution < -0.4 is 9.47 Å². The van der Waals surface area contributed by atoms with Crippen molar-refractivity contribution < 1.29 is 18.7 Å². The van der Waals surface area contributed by atoms with Gasteiger partial charge in [0.25, 0.3) is 5.91 Å². The van der Waals surface area contributed by atoms with E-state index in [2.05, 4.69) is 22.0 Å². The average Bonchev–Trinajstić information content (AvgIpc) is 3.27. The Bertz CT molecular complexity index is 987. The van der Waals surface area contributed by atoms with Crippen molar-refractivity contribution in [3.63, 3.8) is 0 Å². The highest BCUT2D eigenvalue weighted by Crippen LogP contribution is 2.27. The fraction of sp³-hybridized carbons (Fsp3) is 0.333. The monoisotopic (exact) mass is 423 g/mol. The summed E-state index contributed by atoms with van der Waals surface area (Å²) in [5.41, 5.74) is 2.51. The van der Waals surface area contributed by atoms with Gasteiger partial charge in [0.2, 0.25) is 5.89 Å². The van der Waals surface area contributed by atoms with Crippen molar-refractivity contribution in [1.29, 1.82) is 0 Å². The number of methoxy groups -OCH3 is 2. The molecule has 0 aliphatic rings. The van der Waals surface area contributed by atoms with Gasteiger partial charge in [0, 0.05) is 38.3 Å². The van der Waals surface area contributed by atoms with E-state index in [1.807, 2.05) is 43.3 Å². The predicted molar refractivity (Wildman–Crippen MR) is 118 cm³/mol. The number of rotatable bonds is 10. The zero-order valence-electron chi connectivity index (χ0n) is 18.5. The number of benzene rings is 2. The van der Waals surface area contributed by atoms with Crippen LogP contribution in [0.2, 0.25) is 0 Å². The molecule has 0 unspecified atom stereocenters. The molecule has 0 bridgehead atoms. The minimum atomic E-state index is -0.149. The third-order valence-electron chi connectivity index (χ3n) is 5.09. The fourth-order valence-electron chi connectivity index (χ4n) is 3.24. The Morgan fingerprint density at radius 1 is 1.03 bits per heavy atom. The summed E-state index contributed by atoms with van der Waals surface area (Å²) in [5, 5.41) is 0. The molecule has 3 rings (SSSR count). The molecule has 1 amide bonds.